The van der Waals surface area contributed by atoms with Gasteiger partial charge >= 0.3 is 59.1 Å². The van der Waals surface area contributed by atoms with E-state index in [1.54, 1.807) is 0 Å². The maximum absolute atomic E-state index is 9.11. The second-order valence-corrected chi connectivity index (χ2v) is 2.65. The van der Waals surface area contributed by atoms with Crippen molar-refractivity contribution in [3.63, 3.8) is 0 Å². The van der Waals surface area contributed by atoms with Crippen LogP contribution in [0, 0.1) is 0 Å². The first-order valence-corrected chi connectivity index (χ1v) is 3.10. The first kappa shape index (κ1) is 30.3. The van der Waals surface area contributed by atoms with Crippen molar-refractivity contribution < 1.29 is 24.3 Å². The molecule has 5 nitrogen and oxygen atoms in total. The van der Waals surface area contributed by atoms with Crippen LogP contribution in [0.2, 0.25) is 0 Å². The van der Waals surface area contributed by atoms with Crippen LogP contribution < -0.4 is 0 Å². The second kappa shape index (κ2) is 12.8. The average molecular weight is 198 g/mol. The van der Waals surface area contributed by atoms with Crippen LogP contribution in [-0.2, 0) is 20.2 Å². The molecule has 0 aliphatic heterocycles. The molecule has 0 rings (SSSR count). The van der Waals surface area contributed by atoms with Gasteiger partial charge < -0.3 is 11.0 Å². The fraction of sp³-hybridized carbons (Fsp3) is 0. The fourth-order valence-electron chi connectivity index (χ4n) is 0. The molecule has 0 aromatic rings. The summed E-state index contributed by atoms with van der Waals surface area (Å²) < 4.78 is 24.0. The molecule has 0 amide bonds. The van der Waals surface area contributed by atoms with Gasteiger partial charge in [0, 0.05) is 11.2 Å². The molecule has 0 bridgehead atoms. The SMILES string of the molecule is O.O.O=S(O)(O)=S.[NaH].[NaH]. The zero-order chi connectivity index (χ0) is 4.50. The van der Waals surface area contributed by atoms with Gasteiger partial charge in [-0.1, -0.05) is 0 Å². The molecule has 9 heavy (non-hydrogen) atoms. The quantitative estimate of drug-likeness (QED) is 0.396. The molecule has 0 unspecified atom stereocenters. The van der Waals surface area contributed by atoms with E-state index in [9.17, 15) is 0 Å². The van der Waals surface area contributed by atoms with E-state index in [1.807, 2.05) is 0 Å². The van der Waals surface area contributed by atoms with E-state index >= 15 is 0 Å². The van der Waals surface area contributed by atoms with Crippen LogP contribution in [0.4, 0.5) is 0 Å². The molecule has 0 aromatic heterocycles. The zero-order valence-corrected chi connectivity index (χ0v) is 4.75. The summed E-state index contributed by atoms with van der Waals surface area (Å²) in [4.78, 5) is 0. The van der Waals surface area contributed by atoms with Gasteiger partial charge in [0.15, 0.2) is 0 Å². The Hall–Kier alpha value is 2.21. The normalized spacial score (nSPS) is 6.44. The summed E-state index contributed by atoms with van der Waals surface area (Å²) >= 11 is 3.47. The second-order valence-electron chi connectivity index (χ2n) is 0.448. The molecule has 0 radical (unpaired) electrons. The predicted octanol–water partition coefficient (Wildman–Crippen LogP) is -3.27. The summed E-state index contributed by atoms with van der Waals surface area (Å²) in [6.07, 6.45) is 0. The number of hydrogen-bond donors (Lipinski definition) is 2. The maximum atomic E-state index is 9.11. The van der Waals surface area contributed by atoms with E-state index in [0.717, 1.165) is 0 Å². The summed E-state index contributed by atoms with van der Waals surface area (Å²) in [5.41, 5.74) is 0. The van der Waals surface area contributed by atoms with Crippen LogP contribution in [0.5, 0.6) is 0 Å². The van der Waals surface area contributed by atoms with Crippen molar-refractivity contribution in [3.05, 3.63) is 0 Å². The fourth-order valence-corrected chi connectivity index (χ4v) is 0. The van der Waals surface area contributed by atoms with Gasteiger partial charge in [-0.2, -0.15) is 4.21 Å². The van der Waals surface area contributed by atoms with Gasteiger partial charge in [-0.25, -0.2) is 0 Å². The van der Waals surface area contributed by atoms with Crippen molar-refractivity contribution in [3.8, 4) is 0 Å². The van der Waals surface area contributed by atoms with E-state index in [4.69, 9.17) is 13.3 Å². The minimum absolute atomic E-state index is 0. The Morgan fingerprint density at radius 2 is 1.11 bits per heavy atom. The minimum atomic E-state index is -3.83. The van der Waals surface area contributed by atoms with Crippen LogP contribution in [0.1, 0.15) is 0 Å². The van der Waals surface area contributed by atoms with Gasteiger partial charge in [-0.3, -0.25) is 9.11 Å². The molecule has 0 aromatic carbocycles. The van der Waals surface area contributed by atoms with E-state index < -0.39 is 9.05 Å². The van der Waals surface area contributed by atoms with Crippen molar-refractivity contribution in [2.24, 2.45) is 0 Å². The molecule has 0 saturated carbocycles. The summed E-state index contributed by atoms with van der Waals surface area (Å²) in [5.74, 6) is 0. The van der Waals surface area contributed by atoms with Crippen molar-refractivity contribution in [2.45, 2.75) is 0 Å². The van der Waals surface area contributed by atoms with Crippen molar-refractivity contribution in [2.75, 3.05) is 0 Å². The van der Waals surface area contributed by atoms with Gasteiger partial charge in [0.2, 0.25) is 0 Å². The summed E-state index contributed by atoms with van der Waals surface area (Å²) in [6.45, 7) is 0. The van der Waals surface area contributed by atoms with E-state index in [1.165, 1.54) is 0 Å². The molecule has 0 fully saturated rings. The summed E-state index contributed by atoms with van der Waals surface area (Å²) in [5, 5.41) is 0. The van der Waals surface area contributed by atoms with Crippen molar-refractivity contribution >= 4 is 79.4 Å². The van der Waals surface area contributed by atoms with E-state index in [-0.39, 0.29) is 70.1 Å². The van der Waals surface area contributed by atoms with Crippen LogP contribution >= 0.6 is 0 Å². The first-order chi connectivity index (χ1) is 2.00. The zero-order valence-electron chi connectivity index (χ0n) is 3.12. The Kier molecular flexibility index (Phi) is 43.3. The summed E-state index contributed by atoms with van der Waals surface area (Å²) in [6, 6.07) is 0. The van der Waals surface area contributed by atoms with Gasteiger partial charge in [-0.05, 0) is 0 Å². The van der Waals surface area contributed by atoms with E-state index in [0.29, 0.717) is 0 Å². The van der Waals surface area contributed by atoms with Gasteiger partial charge in [0.25, 0.3) is 9.05 Å². The van der Waals surface area contributed by atoms with Gasteiger partial charge in [0.1, 0.15) is 0 Å². The molecule has 0 saturated heterocycles. The third-order valence-corrected chi connectivity index (χ3v) is 0. The monoisotopic (exact) mass is 198 g/mol. The number of hydrogen-bond acceptors (Lipinski definition) is 2. The van der Waals surface area contributed by atoms with Crippen LogP contribution in [0.25, 0.3) is 0 Å². The summed E-state index contributed by atoms with van der Waals surface area (Å²) in [7, 11) is -3.83. The standard InChI is InChI=1S/2Na.H2O3S2.2H2O.2H/c;;1-5(2,3)4;;;;/h;;(H2,1,2,3,4);2*1H2;;. The Balaban J connectivity index is -0.0000000133. The molecule has 0 atom stereocenters. The molecule has 9 heteroatoms. The van der Waals surface area contributed by atoms with Crippen LogP contribution in [0.3, 0.4) is 0 Å². The molecule has 0 aliphatic rings. The molecular weight excluding hydrogens is 190 g/mol. The Morgan fingerprint density at radius 1 is 1.11 bits per heavy atom. The van der Waals surface area contributed by atoms with E-state index in [2.05, 4.69) is 11.2 Å². The molecular formula is H8Na2O5S2. The van der Waals surface area contributed by atoms with Gasteiger partial charge in [0.05, 0.1) is 0 Å². The Morgan fingerprint density at radius 3 is 1.11 bits per heavy atom. The third-order valence-electron chi connectivity index (χ3n) is 0. The molecule has 0 aliphatic carbocycles. The van der Waals surface area contributed by atoms with Crippen molar-refractivity contribution in [1.82, 2.24) is 0 Å². The Bertz CT molecular complexity index is 96.1. The topological polar surface area (TPSA) is 121 Å². The van der Waals surface area contributed by atoms with Gasteiger partial charge in [-0.15, -0.1) is 0 Å². The number of rotatable bonds is 0. The molecule has 0 heterocycles. The predicted molar refractivity (Wildman–Crippen MR) is 42.3 cm³/mol. The Labute approximate surface area is 102 Å². The van der Waals surface area contributed by atoms with Crippen LogP contribution in [0.15, 0.2) is 0 Å². The third kappa shape index (κ3) is 141. The molecule has 6 N–H and O–H groups in total. The average Bonchev–Trinajstić information content (AvgIpc) is 0.722. The first-order valence-electron chi connectivity index (χ1n) is 0.698. The van der Waals surface area contributed by atoms with Crippen LogP contribution in [-0.4, -0.2) is 83.4 Å². The molecule has 0 spiro atoms. The van der Waals surface area contributed by atoms with Crippen molar-refractivity contribution in [1.29, 1.82) is 0 Å². The molecule has 52 valence electrons.